The number of carbonyl (C=O) groups is 1. The van der Waals surface area contributed by atoms with Crippen LogP contribution in [0.25, 0.3) is 22.4 Å². The summed E-state index contributed by atoms with van der Waals surface area (Å²) >= 11 is 0. The number of carbonyl (C=O) groups excluding carboxylic acids is 1. The first-order chi connectivity index (χ1) is 16.4. The van der Waals surface area contributed by atoms with Crippen LogP contribution in [0.1, 0.15) is 18.7 Å². The SMILES string of the molecule is Cn1c(=O)n(C)c2cc(NC(=O)C3CCN(Cc4nc(-c5ccc(F)cc5)no4)CC3)ccc21. The molecule has 5 rings (SSSR count). The zero-order chi connectivity index (χ0) is 23.8. The van der Waals surface area contributed by atoms with Crippen LogP contribution >= 0.6 is 0 Å². The minimum atomic E-state index is -0.314. The third kappa shape index (κ3) is 4.24. The number of nitrogens with one attached hydrogen (secondary N) is 1. The molecule has 9 nitrogen and oxygen atoms in total. The van der Waals surface area contributed by atoms with Gasteiger partial charge in [-0.05, 0) is 68.4 Å². The van der Waals surface area contributed by atoms with Crippen LogP contribution in [-0.2, 0) is 25.4 Å². The average Bonchev–Trinajstić information content (AvgIpc) is 3.39. The average molecular weight is 465 g/mol. The second-order valence-electron chi connectivity index (χ2n) is 8.66. The summed E-state index contributed by atoms with van der Waals surface area (Å²) in [5.74, 6) is 0.493. The van der Waals surface area contributed by atoms with Gasteiger partial charge in [-0.25, -0.2) is 9.18 Å². The first-order valence-corrected chi connectivity index (χ1v) is 11.2. The van der Waals surface area contributed by atoms with Crippen molar-refractivity contribution < 1.29 is 13.7 Å². The fraction of sp³-hybridized carbons (Fsp3) is 0.333. The number of aromatic nitrogens is 4. The van der Waals surface area contributed by atoms with E-state index in [0.717, 1.165) is 37.0 Å². The molecule has 1 fully saturated rings. The fourth-order valence-electron chi connectivity index (χ4n) is 4.41. The van der Waals surface area contributed by atoms with Crippen molar-refractivity contribution in [3.63, 3.8) is 0 Å². The first-order valence-electron chi connectivity index (χ1n) is 11.2. The highest BCUT2D eigenvalue weighted by molar-refractivity contribution is 5.94. The van der Waals surface area contributed by atoms with Gasteiger partial charge >= 0.3 is 5.69 Å². The van der Waals surface area contributed by atoms with Crippen molar-refractivity contribution in [2.75, 3.05) is 18.4 Å². The number of fused-ring (bicyclic) bond motifs is 1. The maximum atomic E-state index is 13.1. The van der Waals surface area contributed by atoms with Gasteiger partial charge in [0.25, 0.3) is 0 Å². The van der Waals surface area contributed by atoms with Gasteiger partial charge in [-0.15, -0.1) is 0 Å². The molecule has 1 saturated heterocycles. The van der Waals surface area contributed by atoms with E-state index in [0.29, 0.717) is 29.5 Å². The quantitative estimate of drug-likeness (QED) is 0.488. The number of hydrogen-bond donors (Lipinski definition) is 1. The lowest BCUT2D eigenvalue weighted by atomic mass is 9.96. The van der Waals surface area contributed by atoms with E-state index in [1.54, 1.807) is 35.4 Å². The summed E-state index contributed by atoms with van der Waals surface area (Å²) in [6.45, 7) is 1.97. The second kappa shape index (κ2) is 8.86. The second-order valence-corrected chi connectivity index (χ2v) is 8.66. The molecule has 2 aromatic carbocycles. The molecule has 1 aliphatic rings. The molecule has 0 unspecified atom stereocenters. The van der Waals surface area contributed by atoms with E-state index in [4.69, 9.17) is 4.52 Å². The van der Waals surface area contributed by atoms with E-state index in [-0.39, 0.29) is 23.3 Å². The van der Waals surface area contributed by atoms with Crippen LogP contribution < -0.4 is 11.0 Å². The number of amides is 1. The molecule has 3 heterocycles. The lowest BCUT2D eigenvalue weighted by Crippen LogP contribution is -2.37. The summed E-state index contributed by atoms with van der Waals surface area (Å²) in [5.41, 5.74) is 2.87. The molecule has 1 aliphatic heterocycles. The first kappa shape index (κ1) is 22.0. The van der Waals surface area contributed by atoms with Crippen molar-refractivity contribution in [3.05, 3.63) is 64.7 Å². The molecule has 1 N–H and O–H groups in total. The Morgan fingerprint density at radius 2 is 1.79 bits per heavy atom. The Hall–Kier alpha value is -3.79. The summed E-state index contributed by atoms with van der Waals surface area (Å²) in [5, 5.41) is 6.98. The number of benzene rings is 2. The van der Waals surface area contributed by atoms with Gasteiger partial charge in [-0.2, -0.15) is 4.98 Å². The van der Waals surface area contributed by atoms with Gasteiger partial charge in [0.1, 0.15) is 5.82 Å². The maximum Gasteiger partial charge on any atom is 0.328 e. The Balaban J connectivity index is 1.17. The van der Waals surface area contributed by atoms with Crippen LogP contribution in [0.15, 0.2) is 51.8 Å². The van der Waals surface area contributed by atoms with Crippen molar-refractivity contribution in [2.24, 2.45) is 20.0 Å². The van der Waals surface area contributed by atoms with Crippen LogP contribution in [0.4, 0.5) is 10.1 Å². The number of halogens is 1. The topological polar surface area (TPSA) is 98.2 Å². The number of rotatable bonds is 5. The van der Waals surface area contributed by atoms with Gasteiger partial charge in [-0.3, -0.25) is 18.8 Å². The Morgan fingerprint density at radius 3 is 2.53 bits per heavy atom. The van der Waals surface area contributed by atoms with Crippen molar-refractivity contribution >= 4 is 22.6 Å². The number of likely N-dealkylation sites (tertiary alicyclic amines) is 1. The molecule has 4 aromatic rings. The van der Waals surface area contributed by atoms with Gasteiger partial charge in [0, 0.05) is 31.3 Å². The molecule has 0 bridgehead atoms. The minimum Gasteiger partial charge on any atom is -0.338 e. The summed E-state index contributed by atoms with van der Waals surface area (Å²) < 4.78 is 21.6. The Kier molecular flexibility index (Phi) is 5.74. The summed E-state index contributed by atoms with van der Waals surface area (Å²) in [6.07, 6.45) is 1.44. The van der Waals surface area contributed by atoms with Gasteiger partial charge in [0.15, 0.2) is 0 Å². The predicted molar refractivity (Wildman–Crippen MR) is 124 cm³/mol. The molecule has 2 aromatic heterocycles. The predicted octanol–water partition coefficient (Wildman–Crippen LogP) is 2.92. The largest absolute Gasteiger partial charge is 0.338 e. The zero-order valence-corrected chi connectivity index (χ0v) is 19.0. The molecule has 10 heteroatoms. The van der Waals surface area contributed by atoms with Gasteiger partial charge in [0.2, 0.25) is 17.6 Å². The molecular formula is C24H25FN6O3. The number of anilines is 1. The highest BCUT2D eigenvalue weighted by atomic mass is 19.1. The smallest absolute Gasteiger partial charge is 0.328 e. The van der Waals surface area contributed by atoms with E-state index >= 15 is 0 Å². The van der Waals surface area contributed by atoms with Crippen molar-refractivity contribution in [1.29, 1.82) is 0 Å². The fourth-order valence-corrected chi connectivity index (χ4v) is 4.41. The molecule has 0 atom stereocenters. The van der Waals surface area contributed by atoms with Crippen molar-refractivity contribution in [3.8, 4) is 11.4 Å². The van der Waals surface area contributed by atoms with Crippen molar-refractivity contribution in [1.82, 2.24) is 24.2 Å². The van der Waals surface area contributed by atoms with E-state index < -0.39 is 0 Å². The molecule has 34 heavy (non-hydrogen) atoms. The molecule has 0 spiro atoms. The Morgan fingerprint density at radius 1 is 1.09 bits per heavy atom. The Bertz CT molecular complexity index is 1400. The number of aryl methyl sites for hydroxylation is 2. The normalized spacial score (nSPS) is 15.1. The monoisotopic (exact) mass is 464 g/mol. The standard InChI is InChI=1S/C24H25FN6O3/c1-29-19-8-7-18(13-20(19)30(2)24(29)33)26-23(32)16-9-11-31(12-10-16)14-21-27-22(28-34-21)15-3-5-17(25)6-4-15/h3-8,13,16H,9-12,14H2,1-2H3,(H,26,32). The molecule has 0 saturated carbocycles. The molecular weight excluding hydrogens is 439 g/mol. The summed E-state index contributed by atoms with van der Waals surface area (Å²) in [6, 6.07) is 11.5. The number of imidazole rings is 1. The van der Waals surface area contributed by atoms with Gasteiger partial charge in [-0.1, -0.05) is 5.16 Å². The highest BCUT2D eigenvalue weighted by Crippen LogP contribution is 2.23. The third-order valence-electron chi connectivity index (χ3n) is 6.43. The molecule has 176 valence electrons. The molecule has 0 aliphatic carbocycles. The molecule has 0 radical (unpaired) electrons. The van der Waals surface area contributed by atoms with Crippen molar-refractivity contribution in [2.45, 2.75) is 19.4 Å². The maximum absolute atomic E-state index is 13.1. The van der Waals surface area contributed by atoms with Gasteiger partial charge in [0.05, 0.1) is 17.6 Å². The number of nitrogens with zero attached hydrogens (tertiary/aromatic N) is 5. The lowest BCUT2D eigenvalue weighted by molar-refractivity contribution is -0.121. The van der Waals surface area contributed by atoms with E-state index in [1.807, 2.05) is 18.2 Å². The van der Waals surface area contributed by atoms with E-state index in [2.05, 4.69) is 20.4 Å². The van der Waals surface area contributed by atoms with E-state index in [9.17, 15) is 14.0 Å². The highest BCUT2D eigenvalue weighted by Gasteiger charge is 2.26. The van der Waals surface area contributed by atoms with E-state index in [1.165, 1.54) is 12.1 Å². The van der Waals surface area contributed by atoms with Crippen LogP contribution in [0, 0.1) is 11.7 Å². The van der Waals surface area contributed by atoms with Gasteiger partial charge < -0.3 is 9.84 Å². The summed E-state index contributed by atoms with van der Waals surface area (Å²) in [4.78, 5) is 31.5. The number of piperidine rings is 1. The molecule has 1 amide bonds. The lowest BCUT2D eigenvalue weighted by Gasteiger charge is -2.30. The zero-order valence-electron chi connectivity index (χ0n) is 19.0. The van der Waals surface area contributed by atoms with Crippen LogP contribution in [0.3, 0.4) is 0 Å². The minimum absolute atomic E-state index is 0.0173. The number of hydrogen-bond acceptors (Lipinski definition) is 6. The van der Waals surface area contributed by atoms with Crippen LogP contribution in [0.5, 0.6) is 0 Å². The Labute approximate surface area is 194 Å². The van der Waals surface area contributed by atoms with Crippen LogP contribution in [0.2, 0.25) is 0 Å². The summed E-state index contributed by atoms with van der Waals surface area (Å²) in [7, 11) is 3.45. The van der Waals surface area contributed by atoms with Crippen LogP contribution in [-0.4, -0.2) is 43.2 Å². The third-order valence-corrected chi connectivity index (χ3v) is 6.43.